The van der Waals surface area contributed by atoms with Gasteiger partial charge in [-0.1, -0.05) is 0 Å². The van der Waals surface area contributed by atoms with E-state index in [1.165, 1.54) is 6.21 Å². The van der Waals surface area contributed by atoms with Crippen LogP contribution in [0.15, 0.2) is 39.9 Å². The van der Waals surface area contributed by atoms with Gasteiger partial charge >= 0.3 is 0 Å². The summed E-state index contributed by atoms with van der Waals surface area (Å²) in [5.74, 6) is 2.38. The molecule has 0 atom stereocenters. The van der Waals surface area contributed by atoms with Gasteiger partial charge in [-0.15, -0.1) is 0 Å². The Balaban J connectivity index is 1.31. The first-order chi connectivity index (χ1) is 12.7. The Labute approximate surface area is 157 Å². The SMILES string of the molecule is O=C(CNc1ccc2c(c1)OCO2)N/N=C\c1cc2c(cc1Br)OCO2. The van der Waals surface area contributed by atoms with Crippen molar-refractivity contribution in [2.24, 2.45) is 5.10 Å². The van der Waals surface area contributed by atoms with E-state index in [9.17, 15) is 4.79 Å². The number of hydrazone groups is 1. The number of ether oxygens (including phenoxy) is 4. The van der Waals surface area contributed by atoms with Gasteiger partial charge in [0.1, 0.15) is 0 Å². The predicted octanol–water partition coefficient (Wildman–Crippen LogP) is 2.47. The molecule has 0 aromatic heterocycles. The topological polar surface area (TPSA) is 90.4 Å². The van der Waals surface area contributed by atoms with Gasteiger partial charge in [-0.3, -0.25) is 4.79 Å². The number of benzene rings is 2. The van der Waals surface area contributed by atoms with Crippen molar-refractivity contribution < 1.29 is 23.7 Å². The third-order valence-corrected chi connectivity index (χ3v) is 4.40. The highest BCUT2D eigenvalue weighted by atomic mass is 79.9. The van der Waals surface area contributed by atoms with Crippen LogP contribution in [0.4, 0.5) is 5.69 Å². The highest BCUT2D eigenvalue weighted by Crippen LogP contribution is 2.36. The maximum Gasteiger partial charge on any atom is 0.259 e. The standard InChI is InChI=1S/C17H14BrN3O5/c18-12-5-16-14(24-9-26-16)3-10(12)6-20-21-17(22)7-19-11-1-2-13-15(4-11)25-8-23-13/h1-6,19H,7-9H2,(H,21,22)/b20-6-. The van der Waals surface area contributed by atoms with Crippen molar-refractivity contribution in [3.8, 4) is 23.0 Å². The van der Waals surface area contributed by atoms with E-state index < -0.39 is 0 Å². The van der Waals surface area contributed by atoms with Gasteiger partial charge in [0.2, 0.25) is 13.6 Å². The molecular weight excluding hydrogens is 406 g/mol. The Morgan fingerprint density at radius 1 is 1.04 bits per heavy atom. The van der Waals surface area contributed by atoms with Crippen LogP contribution < -0.4 is 29.7 Å². The third-order valence-electron chi connectivity index (χ3n) is 3.71. The van der Waals surface area contributed by atoms with Gasteiger partial charge < -0.3 is 24.3 Å². The highest BCUT2D eigenvalue weighted by Gasteiger charge is 2.16. The first-order valence-corrected chi connectivity index (χ1v) is 8.53. The number of carbonyl (C=O) groups excluding carboxylic acids is 1. The molecule has 0 saturated carbocycles. The summed E-state index contributed by atoms with van der Waals surface area (Å²) in [5.41, 5.74) is 3.99. The predicted molar refractivity (Wildman–Crippen MR) is 97.1 cm³/mol. The molecular formula is C17H14BrN3O5. The second-order valence-corrected chi connectivity index (χ2v) is 6.30. The van der Waals surface area contributed by atoms with Crippen LogP contribution in [-0.4, -0.2) is 32.3 Å². The molecule has 2 aliphatic rings. The smallest absolute Gasteiger partial charge is 0.259 e. The second kappa shape index (κ2) is 7.12. The molecule has 0 radical (unpaired) electrons. The van der Waals surface area contributed by atoms with Crippen molar-refractivity contribution in [3.05, 3.63) is 40.4 Å². The lowest BCUT2D eigenvalue weighted by Crippen LogP contribution is -2.25. The van der Waals surface area contributed by atoms with Crippen LogP contribution >= 0.6 is 15.9 Å². The van der Waals surface area contributed by atoms with E-state index in [1.54, 1.807) is 24.3 Å². The van der Waals surface area contributed by atoms with Gasteiger partial charge in [-0.25, -0.2) is 5.43 Å². The van der Waals surface area contributed by atoms with Gasteiger partial charge in [0.25, 0.3) is 5.91 Å². The van der Waals surface area contributed by atoms with E-state index in [0.717, 1.165) is 15.7 Å². The van der Waals surface area contributed by atoms with Gasteiger partial charge in [0.15, 0.2) is 23.0 Å². The molecule has 2 aromatic carbocycles. The fourth-order valence-corrected chi connectivity index (χ4v) is 2.86. The molecule has 9 heteroatoms. The van der Waals surface area contributed by atoms with E-state index in [0.29, 0.717) is 23.0 Å². The number of nitrogens with zero attached hydrogens (tertiary/aromatic N) is 1. The zero-order chi connectivity index (χ0) is 17.9. The molecule has 2 heterocycles. The first-order valence-electron chi connectivity index (χ1n) is 7.73. The zero-order valence-corrected chi connectivity index (χ0v) is 15.0. The second-order valence-electron chi connectivity index (χ2n) is 5.44. The number of rotatable bonds is 5. The molecule has 8 nitrogen and oxygen atoms in total. The molecule has 1 amide bonds. The van der Waals surface area contributed by atoms with Crippen LogP contribution in [-0.2, 0) is 4.79 Å². The lowest BCUT2D eigenvalue weighted by atomic mass is 10.2. The van der Waals surface area contributed by atoms with Crippen molar-refractivity contribution in [2.45, 2.75) is 0 Å². The molecule has 0 unspecified atom stereocenters. The Kier molecular flexibility index (Phi) is 4.53. The molecule has 0 aliphatic carbocycles. The summed E-state index contributed by atoms with van der Waals surface area (Å²) < 4.78 is 21.9. The van der Waals surface area contributed by atoms with Gasteiger partial charge in [0.05, 0.1) is 12.8 Å². The van der Waals surface area contributed by atoms with Gasteiger partial charge in [0, 0.05) is 21.8 Å². The summed E-state index contributed by atoms with van der Waals surface area (Å²) in [6, 6.07) is 8.97. The van der Waals surface area contributed by atoms with Crippen molar-refractivity contribution in [1.82, 2.24) is 5.43 Å². The zero-order valence-electron chi connectivity index (χ0n) is 13.5. The van der Waals surface area contributed by atoms with Crippen molar-refractivity contribution >= 4 is 33.7 Å². The van der Waals surface area contributed by atoms with E-state index in [1.807, 2.05) is 6.07 Å². The summed E-state index contributed by atoms with van der Waals surface area (Å²) in [4.78, 5) is 11.9. The summed E-state index contributed by atoms with van der Waals surface area (Å²) in [7, 11) is 0. The number of carbonyl (C=O) groups is 1. The Bertz CT molecular complexity index is 887. The molecule has 2 aromatic rings. The van der Waals surface area contributed by atoms with Gasteiger partial charge in [-0.2, -0.15) is 5.10 Å². The number of anilines is 1. The molecule has 134 valence electrons. The van der Waals surface area contributed by atoms with Crippen LogP contribution in [0.5, 0.6) is 23.0 Å². The minimum Gasteiger partial charge on any atom is -0.454 e. The lowest BCUT2D eigenvalue weighted by Gasteiger charge is -2.06. The van der Waals surface area contributed by atoms with E-state index >= 15 is 0 Å². The van der Waals surface area contributed by atoms with Crippen LogP contribution in [0.2, 0.25) is 0 Å². The number of fused-ring (bicyclic) bond motifs is 2. The Morgan fingerprint density at radius 2 is 1.73 bits per heavy atom. The molecule has 0 fully saturated rings. The monoisotopic (exact) mass is 419 g/mol. The normalized spacial score (nSPS) is 13.9. The summed E-state index contributed by atoms with van der Waals surface area (Å²) in [6.07, 6.45) is 1.53. The van der Waals surface area contributed by atoms with Crippen molar-refractivity contribution in [3.63, 3.8) is 0 Å². The molecule has 4 rings (SSSR count). The van der Waals surface area contributed by atoms with Crippen LogP contribution in [0, 0.1) is 0 Å². The summed E-state index contributed by atoms with van der Waals surface area (Å²) in [5, 5.41) is 6.96. The number of amides is 1. The molecule has 2 aliphatic heterocycles. The average Bonchev–Trinajstić information content (AvgIpc) is 3.28. The van der Waals surface area contributed by atoms with Crippen LogP contribution in [0.25, 0.3) is 0 Å². The third kappa shape index (κ3) is 3.52. The van der Waals surface area contributed by atoms with E-state index in [4.69, 9.17) is 18.9 Å². The van der Waals surface area contributed by atoms with E-state index in [2.05, 4.69) is 31.8 Å². The summed E-state index contributed by atoms with van der Waals surface area (Å²) >= 11 is 3.43. The molecule has 0 spiro atoms. The van der Waals surface area contributed by atoms with Gasteiger partial charge in [-0.05, 0) is 40.2 Å². The molecule has 0 saturated heterocycles. The van der Waals surface area contributed by atoms with Crippen molar-refractivity contribution in [2.75, 3.05) is 25.4 Å². The number of hydrogen-bond acceptors (Lipinski definition) is 7. The van der Waals surface area contributed by atoms with Crippen LogP contribution in [0.3, 0.4) is 0 Å². The Hall–Kier alpha value is -2.94. The fraction of sp³-hybridized carbons (Fsp3) is 0.176. The molecule has 2 N–H and O–H groups in total. The molecule has 0 bridgehead atoms. The Morgan fingerprint density at radius 3 is 2.54 bits per heavy atom. The number of nitrogens with one attached hydrogen (secondary N) is 2. The van der Waals surface area contributed by atoms with Crippen molar-refractivity contribution in [1.29, 1.82) is 0 Å². The highest BCUT2D eigenvalue weighted by molar-refractivity contribution is 9.10. The maximum absolute atomic E-state index is 11.9. The summed E-state index contributed by atoms with van der Waals surface area (Å²) in [6.45, 7) is 0.479. The minimum absolute atomic E-state index is 0.0687. The quantitative estimate of drug-likeness (QED) is 0.571. The molecule has 26 heavy (non-hydrogen) atoms. The lowest BCUT2D eigenvalue weighted by molar-refractivity contribution is -0.119. The largest absolute Gasteiger partial charge is 0.454 e. The maximum atomic E-state index is 11.9. The first kappa shape index (κ1) is 16.5. The average molecular weight is 420 g/mol. The van der Waals surface area contributed by atoms with Crippen LogP contribution in [0.1, 0.15) is 5.56 Å². The fourth-order valence-electron chi connectivity index (χ4n) is 2.43. The number of hydrogen-bond donors (Lipinski definition) is 2. The number of halogens is 1. The van der Waals surface area contributed by atoms with E-state index in [-0.39, 0.29) is 26.0 Å². The minimum atomic E-state index is -0.282.